The van der Waals surface area contributed by atoms with Crippen molar-refractivity contribution in [2.45, 2.75) is 45.1 Å². The fourth-order valence-corrected chi connectivity index (χ4v) is 2.39. The van der Waals surface area contributed by atoms with Gasteiger partial charge in [-0.25, -0.2) is 5.43 Å². The first-order valence-corrected chi connectivity index (χ1v) is 7.25. The standard InChI is InChI=1S/C15H23N3O2/c1-13(19)20-18-11-7-3-6-10-15(16-17-18)12-14-8-4-2-5-9-14/h2,4-5,8-9,15-17H,3,6-7,10-12H2,1H3. The number of hydrogen-bond acceptors (Lipinski definition) is 5. The number of hydrazine groups is 2. The number of rotatable bonds is 3. The molecule has 110 valence electrons. The summed E-state index contributed by atoms with van der Waals surface area (Å²) >= 11 is 0. The van der Waals surface area contributed by atoms with Crippen LogP contribution in [0.15, 0.2) is 30.3 Å². The largest absolute Gasteiger partial charge is 0.352 e. The SMILES string of the molecule is CC(=O)ON1CCCCCC(Cc2ccccc2)NN1. The second-order valence-electron chi connectivity index (χ2n) is 5.18. The summed E-state index contributed by atoms with van der Waals surface area (Å²) in [6, 6.07) is 10.7. The first-order valence-electron chi connectivity index (χ1n) is 7.25. The number of benzene rings is 1. The van der Waals surface area contributed by atoms with Crippen LogP contribution in [0.2, 0.25) is 0 Å². The van der Waals surface area contributed by atoms with Gasteiger partial charge >= 0.3 is 5.97 Å². The Morgan fingerprint density at radius 3 is 2.85 bits per heavy atom. The smallest absolute Gasteiger partial charge is 0.323 e. The van der Waals surface area contributed by atoms with E-state index in [0.717, 1.165) is 25.7 Å². The molecule has 2 N–H and O–H groups in total. The van der Waals surface area contributed by atoms with E-state index in [2.05, 4.69) is 35.2 Å². The minimum Gasteiger partial charge on any atom is -0.352 e. The maximum Gasteiger partial charge on any atom is 0.323 e. The summed E-state index contributed by atoms with van der Waals surface area (Å²) in [7, 11) is 0. The van der Waals surface area contributed by atoms with E-state index in [4.69, 9.17) is 4.84 Å². The molecule has 5 nitrogen and oxygen atoms in total. The molecule has 0 radical (unpaired) electrons. The lowest BCUT2D eigenvalue weighted by atomic mass is 10.0. The fraction of sp³-hybridized carbons (Fsp3) is 0.533. The third kappa shape index (κ3) is 5.28. The molecule has 1 aromatic carbocycles. The molecule has 1 aliphatic heterocycles. The molecule has 1 unspecified atom stereocenters. The first-order chi connectivity index (χ1) is 9.74. The lowest BCUT2D eigenvalue weighted by molar-refractivity contribution is -0.210. The van der Waals surface area contributed by atoms with Crippen LogP contribution >= 0.6 is 0 Å². The van der Waals surface area contributed by atoms with E-state index in [1.54, 1.807) is 0 Å². The molecule has 1 atom stereocenters. The van der Waals surface area contributed by atoms with Crippen molar-refractivity contribution in [1.29, 1.82) is 0 Å². The number of hydrogen-bond donors (Lipinski definition) is 2. The van der Waals surface area contributed by atoms with E-state index in [9.17, 15) is 4.79 Å². The van der Waals surface area contributed by atoms with Crippen LogP contribution in [0.3, 0.4) is 0 Å². The van der Waals surface area contributed by atoms with Crippen molar-refractivity contribution in [2.24, 2.45) is 0 Å². The number of nitrogens with one attached hydrogen (secondary N) is 2. The van der Waals surface area contributed by atoms with Gasteiger partial charge < -0.3 is 4.84 Å². The third-order valence-corrected chi connectivity index (χ3v) is 3.37. The van der Waals surface area contributed by atoms with E-state index in [1.807, 2.05) is 6.07 Å². The van der Waals surface area contributed by atoms with Crippen LogP contribution < -0.4 is 11.0 Å². The molecule has 1 heterocycles. The molecule has 2 rings (SSSR count). The van der Waals surface area contributed by atoms with Crippen LogP contribution in [0, 0.1) is 0 Å². The average molecular weight is 277 g/mol. The molecular formula is C15H23N3O2. The van der Waals surface area contributed by atoms with Gasteiger partial charge in [0.05, 0.1) is 6.54 Å². The van der Waals surface area contributed by atoms with Gasteiger partial charge in [0.2, 0.25) is 0 Å². The van der Waals surface area contributed by atoms with Gasteiger partial charge in [-0.3, -0.25) is 4.79 Å². The molecule has 0 amide bonds. The molecule has 1 aliphatic rings. The zero-order valence-electron chi connectivity index (χ0n) is 12.0. The fourth-order valence-electron chi connectivity index (χ4n) is 2.39. The van der Waals surface area contributed by atoms with E-state index >= 15 is 0 Å². The predicted octanol–water partition coefficient (Wildman–Crippen LogP) is 1.96. The molecule has 0 spiro atoms. The lowest BCUT2D eigenvalue weighted by Gasteiger charge is -2.24. The summed E-state index contributed by atoms with van der Waals surface area (Å²) in [6.45, 7) is 2.11. The number of nitrogens with zero attached hydrogens (tertiary/aromatic N) is 1. The Hall–Kier alpha value is -1.43. The van der Waals surface area contributed by atoms with Gasteiger partial charge in [-0.15, -0.1) is 0 Å². The Morgan fingerprint density at radius 2 is 2.10 bits per heavy atom. The van der Waals surface area contributed by atoms with Crippen LogP contribution in [0.1, 0.15) is 38.2 Å². The molecule has 0 aromatic heterocycles. The molecule has 0 saturated carbocycles. The molecule has 1 saturated heterocycles. The quantitative estimate of drug-likeness (QED) is 0.884. The molecule has 0 aliphatic carbocycles. The summed E-state index contributed by atoms with van der Waals surface area (Å²) in [5, 5.41) is 1.49. The molecular weight excluding hydrogens is 254 g/mol. The average Bonchev–Trinajstić information content (AvgIpc) is 2.53. The van der Waals surface area contributed by atoms with Gasteiger partial charge in [-0.05, 0) is 24.8 Å². The first kappa shape index (κ1) is 15.0. The third-order valence-electron chi connectivity index (χ3n) is 3.37. The van der Waals surface area contributed by atoms with Gasteiger partial charge in [0, 0.05) is 13.0 Å². The van der Waals surface area contributed by atoms with Gasteiger partial charge in [-0.2, -0.15) is 5.53 Å². The monoisotopic (exact) mass is 277 g/mol. The van der Waals surface area contributed by atoms with Gasteiger partial charge in [-0.1, -0.05) is 48.3 Å². The van der Waals surface area contributed by atoms with Gasteiger partial charge in [0.1, 0.15) is 0 Å². The Morgan fingerprint density at radius 1 is 1.30 bits per heavy atom. The van der Waals surface area contributed by atoms with Crippen LogP contribution in [-0.4, -0.2) is 23.7 Å². The molecule has 0 bridgehead atoms. The zero-order valence-corrected chi connectivity index (χ0v) is 12.0. The summed E-state index contributed by atoms with van der Waals surface area (Å²) < 4.78 is 0. The van der Waals surface area contributed by atoms with Crippen molar-refractivity contribution in [3.8, 4) is 0 Å². The minimum absolute atomic E-state index is 0.307. The predicted molar refractivity (Wildman–Crippen MR) is 77.1 cm³/mol. The number of carbonyl (C=O) groups excluding carboxylic acids is 1. The van der Waals surface area contributed by atoms with Crippen molar-refractivity contribution < 1.29 is 9.63 Å². The molecule has 20 heavy (non-hydrogen) atoms. The zero-order chi connectivity index (χ0) is 14.2. The Kier molecular flexibility index (Phi) is 5.98. The Balaban J connectivity index is 1.90. The molecule has 1 aromatic rings. The van der Waals surface area contributed by atoms with E-state index in [0.29, 0.717) is 12.6 Å². The highest BCUT2D eigenvalue weighted by atomic mass is 16.7. The topological polar surface area (TPSA) is 53.6 Å². The minimum atomic E-state index is -0.307. The highest BCUT2D eigenvalue weighted by Crippen LogP contribution is 2.11. The number of hydroxylamine groups is 1. The highest BCUT2D eigenvalue weighted by molar-refractivity contribution is 5.65. The normalized spacial score (nSPS) is 21.6. The van der Waals surface area contributed by atoms with Gasteiger partial charge in [0.25, 0.3) is 0 Å². The Labute approximate surface area is 120 Å². The Bertz CT molecular complexity index is 411. The van der Waals surface area contributed by atoms with Crippen LogP contribution in [0.4, 0.5) is 0 Å². The van der Waals surface area contributed by atoms with Crippen molar-refractivity contribution in [3.05, 3.63) is 35.9 Å². The second-order valence-corrected chi connectivity index (χ2v) is 5.18. The van der Waals surface area contributed by atoms with Gasteiger partial charge in [0.15, 0.2) is 0 Å². The second kappa shape index (κ2) is 7.99. The van der Waals surface area contributed by atoms with E-state index in [1.165, 1.54) is 24.1 Å². The van der Waals surface area contributed by atoms with Crippen LogP contribution in [0.5, 0.6) is 0 Å². The molecule has 1 fully saturated rings. The maximum absolute atomic E-state index is 11.0. The number of carbonyl (C=O) groups is 1. The molecule has 5 heteroatoms. The van der Waals surface area contributed by atoms with Crippen molar-refractivity contribution in [3.63, 3.8) is 0 Å². The summed E-state index contributed by atoms with van der Waals surface area (Å²) in [5.74, 6) is -0.307. The van der Waals surface area contributed by atoms with Crippen molar-refractivity contribution in [1.82, 2.24) is 16.1 Å². The summed E-state index contributed by atoms with van der Waals surface area (Å²) in [4.78, 5) is 16.1. The summed E-state index contributed by atoms with van der Waals surface area (Å²) in [5.41, 5.74) is 7.58. The van der Waals surface area contributed by atoms with Crippen molar-refractivity contribution >= 4 is 5.97 Å². The van der Waals surface area contributed by atoms with Crippen LogP contribution in [-0.2, 0) is 16.1 Å². The van der Waals surface area contributed by atoms with E-state index in [-0.39, 0.29) is 5.97 Å². The van der Waals surface area contributed by atoms with Crippen molar-refractivity contribution in [2.75, 3.05) is 6.54 Å². The summed E-state index contributed by atoms with van der Waals surface area (Å²) in [6.07, 6.45) is 5.41. The maximum atomic E-state index is 11.0. The highest BCUT2D eigenvalue weighted by Gasteiger charge is 2.15. The van der Waals surface area contributed by atoms with Crippen LogP contribution in [0.25, 0.3) is 0 Å². The lowest BCUT2D eigenvalue weighted by Crippen LogP contribution is -2.52. The van der Waals surface area contributed by atoms with E-state index < -0.39 is 0 Å².